The summed E-state index contributed by atoms with van der Waals surface area (Å²) in [6.07, 6.45) is 2.40. The Hall–Kier alpha value is -2.37. The van der Waals surface area contributed by atoms with E-state index in [1.165, 1.54) is 5.56 Å². The van der Waals surface area contributed by atoms with E-state index in [1.54, 1.807) is 14.2 Å². The fourth-order valence-electron chi connectivity index (χ4n) is 3.80. The number of benzene rings is 2. The second-order valence-corrected chi connectivity index (χ2v) is 9.28. The molecule has 0 aliphatic heterocycles. The van der Waals surface area contributed by atoms with E-state index in [1.807, 2.05) is 30.3 Å². The molecule has 5 heteroatoms. The summed E-state index contributed by atoms with van der Waals surface area (Å²) in [5, 5.41) is 0. The van der Waals surface area contributed by atoms with Gasteiger partial charge >= 0.3 is 5.97 Å². The van der Waals surface area contributed by atoms with Crippen LogP contribution in [0.15, 0.2) is 42.5 Å². The van der Waals surface area contributed by atoms with Crippen LogP contribution in [0.5, 0.6) is 11.5 Å². The minimum Gasteiger partial charge on any atom is -0.493 e. The predicted molar refractivity (Wildman–Crippen MR) is 127 cm³/mol. The second-order valence-electron chi connectivity index (χ2n) is 9.28. The van der Waals surface area contributed by atoms with Gasteiger partial charge in [0.25, 0.3) is 0 Å². The van der Waals surface area contributed by atoms with Gasteiger partial charge in [-0.05, 0) is 41.9 Å². The minimum atomic E-state index is -0.348. The first kappa shape index (κ1) is 25.9. The minimum absolute atomic E-state index is 0.150. The summed E-state index contributed by atoms with van der Waals surface area (Å²) in [6, 6.07) is 13.9. The zero-order valence-electron chi connectivity index (χ0n) is 20.4. The molecule has 0 aliphatic carbocycles. The van der Waals surface area contributed by atoms with Gasteiger partial charge in [-0.2, -0.15) is 0 Å². The van der Waals surface area contributed by atoms with Crippen LogP contribution in [0.2, 0.25) is 0 Å². The number of carbonyl (C=O) groups excluding carboxylic acids is 1. The molecule has 1 atom stereocenters. The van der Waals surface area contributed by atoms with Crippen LogP contribution >= 0.6 is 0 Å². The molecule has 0 spiro atoms. The van der Waals surface area contributed by atoms with Crippen LogP contribution in [0.3, 0.4) is 0 Å². The van der Waals surface area contributed by atoms with E-state index in [0.29, 0.717) is 30.3 Å². The Kier molecular flexibility index (Phi) is 10.2. The van der Waals surface area contributed by atoms with Gasteiger partial charge < -0.3 is 18.9 Å². The highest BCUT2D eigenvalue weighted by atomic mass is 16.5. The van der Waals surface area contributed by atoms with E-state index in [2.05, 4.69) is 39.8 Å². The SMILES string of the molecule is CCC(CC(C)(C)C)c1ccc(OCCC(=O)Oc2c(COC)cccc2COC)cc1. The Morgan fingerprint density at radius 2 is 1.53 bits per heavy atom. The molecule has 0 aliphatic rings. The van der Waals surface area contributed by atoms with Crippen molar-refractivity contribution in [3.8, 4) is 11.5 Å². The lowest BCUT2D eigenvalue weighted by Gasteiger charge is -2.25. The Balaban J connectivity index is 1.92. The summed E-state index contributed by atoms with van der Waals surface area (Å²) >= 11 is 0. The maximum absolute atomic E-state index is 12.4. The van der Waals surface area contributed by atoms with Gasteiger partial charge in [0.2, 0.25) is 0 Å². The van der Waals surface area contributed by atoms with E-state index < -0.39 is 0 Å². The van der Waals surface area contributed by atoms with Crippen molar-refractivity contribution in [1.29, 1.82) is 0 Å². The molecule has 0 heterocycles. The van der Waals surface area contributed by atoms with Crippen molar-refractivity contribution in [2.24, 2.45) is 5.41 Å². The third-order valence-corrected chi connectivity index (χ3v) is 5.27. The van der Waals surface area contributed by atoms with Gasteiger partial charge in [0.15, 0.2) is 0 Å². The molecular weight excluding hydrogens is 404 g/mol. The second kappa shape index (κ2) is 12.6. The van der Waals surface area contributed by atoms with Gasteiger partial charge in [-0.15, -0.1) is 0 Å². The molecule has 176 valence electrons. The van der Waals surface area contributed by atoms with E-state index in [4.69, 9.17) is 18.9 Å². The highest BCUT2D eigenvalue weighted by molar-refractivity contribution is 5.73. The average molecular weight is 443 g/mol. The molecule has 0 amide bonds. The summed E-state index contributed by atoms with van der Waals surface area (Å²) in [7, 11) is 3.22. The normalized spacial score (nSPS) is 12.4. The third kappa shape index (κ3) is 8.29. The van der Waals surface area contributed by atoms with Crippen LogP contribution in [-0.4, -0.2) is 26.8 Å². The third-order valence-electron chi connectivity index (χ3n) is 5.27. The standard InChI is InChI=1S/C27H38O5/c1-7-20(17-27(2,3)4)21-11-13-24(14-12-21)31-16-15-25(28)32-26-22(18-29-5)9-8-10-23(26)19-30-6/h8-14,20H,7,15-19H2,1-6H3. The molecule has 2 aromatic carbocycles. The fourth-order valence-corrected chi connectivity index (χ4v) is 3.80. The molecular formula is C27H38O5. The molecule has 32 heavy (non-hydrogen) atoms. The summed E-state index contributed by atoms with van der Waals surface area (Å²) in [5.74, 6) is 1.45. The smallest absolute Gasteiger partial charge is 0.314 e. The molecule has 2 aromatic rings. The van der Waals surface area contributed by atoms with Gasteiger partial charge in [-0.1, -0.05) is 58.0 Å². The summed E-state index contributed by atoms with van der Waals surface area (Å²) < 4.78 is 21.9. The predicted octanol–water partition coefficient (Wildman–Crippen LogP) is 6.28. The molecule has 0 bridgehead atoms. The first-order chi connectivity index (χ1) is 15.3. The molecule has 5 nitrogen and oxygen atoms in total. The van der Waals surface area contributed by atoms with Crippen molar-refractivity contribution in [2.75, 3.05) is 20.8 Å². The van der Waals surface area contributed by atoms with Crippen molar-refractivity contribution >= 4 is 5.97 Å². The van der Waals surface area contributed by atoms with Gasteiger partial charge in [0.05, 0.1) is 26.2 Å². The van der Waals surface area contributed by atoms with Gasteiger partial charge in [-0.3, -0.25) is 4.79 Å². The lowest BCUT2D eigenvalue weighted by atomic mass is 9.80. The molecule has 0 N–H and O–H groups in total. The van der Waals surface area contributed by atoms with E-state index in [-0.39, 0.29) is 19.0 Å². The van der Waals surface area contributed by atoms with Crippen LogP contribution in [0.25, 0.3) is 0 Å². The largest absolute Gasteiger partial charge is 0.493 e. The Labute approximate surface area is 193 Å². The number of para-hydroxylation sites is 1. The number of carbonyl (C=O) groups is 1. The molecule has 0 saturated heterocycles. The average Bonchev–Trinajstić information content (AvgIpc) is 2.74. The summed E-state index contributed by atoms with van der Waals surface area (Å²) in [4.78, 5) is 12.4. The topological polar surface area (TPSA) is 54.0 Å². The Bertz CT molecular complexity index is 812. The monoisotopic (exact) mass is 442 g/mol. The quantitative estimate of drug-likeness (QED) is 0.286. The maximum atomic E-state index is 12.4. The molecule has 0 fully saturated rings. The number of ether oxygens (including phenoxy) is 4. The van der Waals surface area contributed by atoms with Crippen LogP contribution in [0, 0.1) is 5.41 Å². The van der Waals surface area contributed by atoms with Gasteiger partial charge in [0.1, 0.15) is 11.5 Å². The number of methoxy groups -OCH3 is 2. The van der Waals surface area contributed by atoms with Gasteiger partial charge in [0, 0.05) is 25.3 Å². The molecule has 0 radical (unpaired) electrons. The lowest BCUT2D eigenvalue weighted by Crippen LogP contribution is -2.15. The van der Waals surface area contributed by atoms with Crippen molar-refractivity contribution in [3.63, 3.8) is 0 Å². The number of rotatable bonds is 12. The molecule has 2 rings (SSSR count). The van der Waals surface area contributed by atoms with Gasteiger partial charge in [-0.25, -0.2) is 0 Å². The molecule has 1 unspecified atom stereocenters. The van der Waals surface area contributed by atoms with Crippen molar-refractivity contribution in [1.82, 2.24) is 0 Å². The van der Waals surface area contributed by atoms with Crippen LogP contribution < -0.4 is 9.47 Å². The highest BCUT2D eigenvalue weighted by Gasteiger charge is 2.19. The summed E-state index contributed by atoms with van der Waals surface area (Å²) in [5.41, 5.74) is 3.25. The fraction of sp³-hybridized carbons (Fsp3) is 0.519. The summed E-state index contributed by atoms with van der Waals surface area (Å²) in [6.45, 7) is 10.0. The zero-order valence-corrected chi connectivity index (χ0v) is 20.4. The van der Waals surface area contributed by atoms with Crippen molar-refractivity contribution in [2.45, 2.75) is 66.1 Å². The van der Waals surface area contributed by atoms with E-state index >= 15 is 0 Å². The van der Waals surface area contributed by atoms with Crippen LogP contribution in [0.1, 0.15) is 69.6 Å². The lowest BCUT2D eigenvalue weighted by molar-refractivity contribution is -0.135. The Morgan fingerprint density at radius 1 is 0.938 bits per heavy atom. The highest BCUT2D eigenvalue weighted by Crippen LogP contribution is 2.34. The number of hydrogen-bond donors (Lipinski definition) is 0. The van der Waals surface area contributed by atoms with Crippen molar-refractivity contribution in [3.05, 3.63) is 59.2 Å². The maximum Gasteiger partial charge on any atom is 0.314 e. The van der Waals surface area contributed by atoms with E-state index in [0.717, 1.165) is 29.7 Å². The number of hydrogen-bond acceptors (Lipinski definition) is 5. The molecule has 0 saturated carbocycles. The first-order valence-electron chi connectivity index (χ1n) is 11.3. The van der Waals surface area contributed by atoms with Crippen LogP contribution in [-0.2, 0) is 27.5 Å². The van der Waals surface area contributed by atoms with Crippen molar-refractivity contribution < 1.29 is 23.7 Å². The first-order valence-corrected chi connectivity index (χ1v) is 11.3. The number of esters is 1. The Morgan fingerprint density at radius 3 is 2.03 bits per heavy atom. The van der Waals surface area contributed by atoms with E-state index in [9.17, 15) is 4.79 Å². The zero-order chi connectivity index (χ0) is 23.6. The van der Waals surface area contributed by atoms with Crippen LogP contribution in [0.4, 0.5) is 0 Å². The molecule has 0 aromatic heterocycles.